The molecule has 0 aliphatic heterocycles. The predicted molar refractivity (Wildman–Crippen MR) is 97.5 cm³/mol. The summed E-state index contributed by atoms with van der Waals surface area (Å²) < 4.78 is 5.11. The van der Waals surface area contributed by atoms with Crippen molar-refractivity contribution in [1.82, 2.24) is 25.4 Å². The van der Waals surface area contributed by atoms with Crippen molar-refractivity contribution in [1.29, 1.82) is 0 Å². The molecule has 4 aromatic rings. The molecule has 27 heavy (non-hydrogen) atoms. The van der Waals surface area contributed by atoms with Gasteiger partial charge in [0.05, 0.1) is 12.2 Å². The Balaban J connectivity index is 1.60. The molecule has 4 rings (SSSR count). The molecule has 2 heterocycles. The van der Waals surface area contributed by atoms with E-state index in [1.165, 1.54) is 12.4 Å². The Morgan fingerprint density at radius 2 is 1.59 bits per heavy atom. The van der Waals surface area contributed by atoms with Gasteiger partial charge in [-0.05, 0) is 11.1 Å². The SMILES string of the molecule is O=C(NC(c1ccccc1)c1ccccc1)c1nc(-c2cnccn2)no1. The molecule has 0 bridgehead atoms. The van der Waals surface area contributed by atoms with Gasteiger partial charge in [-0.1, -0.05) is 65.8 Å². The summed E-state index contributed by atoms with van der Waals surface area (Å²) in [6.45, 7) is 0. The molecular formula is C20H15N5O2. The van der Waals surface area contributed by atoms with Crippen LogP contribution in [-0.4, -0.2) is 26.0 Å². The van der Waals surface area contributed by atoms with Gasteiger partial charge in [0, 0.05) is 12.4 Å². The van der Waals surface area contributed by atoms with Crippen LogP contribution in [0, 0.1) is 0 Å². The molecule has 0 atom stereocenters. The fourth-order valence-corrected chi connectivity index (χ4v) is 2.68. The lowest BCUT2D eigenvalue weighted by molar-refractivity contribution is 0.0899. The first-order valence-electron chi connectivity index (χ1n) is 8.32. The van der Waals surface area contributed by atoms with E-state index < -0.39 is 5.91 Å². The molecule has 2 aromatic heterocycles. The summed E-state index contributed by atoms with van der Waals surface area (Å²) in [7, 11) is 0. The second kappa shape index (κ2) is 7.57. The normalized spacial score (nSPS) is 10.7. The van der Waals surface area contributed by atoms with Crippen LogP contribution in [0.4, 0.5) is 0 Å². The van der Waals surface area contributed by atoms with E-state index in [0.717, 1.165) is 11.1 Å². The van der Waals surface area contributed by atoms with Crippen molar-refractivity contribution < 1.29 is 9.32 Å². The maximum atomic E-state index is 12.7. The largest absolute Gasteiger partial charge is 0.337 e. The zero-order chi connectivity index (χ0) is 18.5. The number of amides is 1. The van der Waals surface area contributed by atoms with Crippen LogP contribution in [0.25, 0.3) is 11.5 Å². The van der Waals surface area contributed by atoms with E-state index in [0.29, 0.717) is 5.69 Å². The number of carbonyl (C=O) groups is 1. The number of nitrogens with zero attached hydrogens (tertiary/aromatic N) is 4. The maximum absolute atomic E-state index is 12.7. The quantitative estimate of drug-likeness (QED) is 0.590. The van der Waals surface area contributed by atoms with Crippen LogP contribution >= 0.6 is 0 Å². The summed E-state index contributed by atoms with van der Waals surface area (Å²) in [4.78, 5) is 24.9. The molecule has 0 unspecified atom stereocenters. The second-order valence-electron chi connectivity index (χ2n) is 5.74. The van der Waals surface area contributed by atoms with Gasteiger partial charge in [-0.2, -0.15) is 4.98 Å². The van der Waals surface area contributed by atoms with Crippen LogP contribution in [0.1, 0.15) is 27.9 Å². The standard InChI is InChI=1S/C20H15N5O2/c26-19(20-24-18(25-27-20)16-13-21-11-12-22-16)23-17(14-7-3-1-4-8-14)15-9-5-2-6-10-15/h1-13,17H,(H,23,26). The smallest absolute Gasteiger partial charge is 0.316 e. The molecule has 2 aromatic carbocycles. The summed E-state index contributed by atoms with van der Waals surface area (Å²) in [5, 5.41) is 6.77. The molecule has 1 amide bonds. The van der Waals surface area contributed by atoms with Crippen molar-refractivity contribution in [3.8, 4) is 11.5 Å². The van der Waals surface area contributed by atoms with Crippen LogP contribution in [-0.2, 0) is 0 Å². The van der Waals surface area contributed by atoms with Gasteiger partial charge in [0.15, 0.2) is 0 Å². The average Bonchev–Trinajstić information content (AvgIpc) is 3.24. The molecule has 0 aliphatic rings. The first kappa shape index (κ1) is 16.6. The summed E-state index contributed by atoms with van der Waals surface area (Å²) in [5.74, 6) is -0.382. The second-order valence-corrected chi connectivity index (χ2v) is 5.74. The molecule has 0 radical (unpaired) electrons. The van der Waals surface area contributed by atoms with Gasteiger partial charge in [0.25, 0.3) is 0 Å². The molecule has 7 heteroatoms. The monoisotopic (exact) mass is 357 g/mol. The third-order valence-electron chi connectivity index (χ3n) is 3.95. The average molecular weight is 357 g/mol. The van der Waals surface area contributed by atoms with Gasteiger partial charge in [-0.25, -0.2) is 4.98 Å². The highest BCUT2D eigenvalue weighted by atomic mass is 16.5. The molecule has 0 fully saturated rings. The Morgan fingerprint density at radius 1 is 0.926 bits per heavy atom. The fraction of sp³-hybridized carbons (Fsp3) is 0.0500. The number of hydrogen-bond acceptors (Lipinski definition) is 6. The van der Waals surface area contributed by atoms with Gasteiger partial charge in [0.1, 0.15) is 5.69 Å². The third kappa shape index (κ3) is 3.72. The summed E-state index contributed by atoms with van der Waals surface area (Å²) in [5.41, 5.74) is 2.33. The highest BCUT2D eigenvalue weighted by molar-refractivity contribution is 5.90. The number of benzene rings is 2. The van der Waals surface area contributed by atoms with E-state index in [1.807, 2.05) is 60.7 Å². The topological polar surface area (TPSA) is 93.8 Å². The molecule has 132 valence electrons. The Labute approximate surface area is 155 Å². The zero-order valence-electron chi connectivity index (χ0n) is 14.2. The minimum absolute atomic E-state index is 0.132. The number of carbonyl (C=O) groups excluding carboxylic acids is 1. The van der Waals surface area contributed by atoms with Gasteiger partial charge in [-0.3, -0.25) is 9.78 Å². The highest BCUT2D eigenvalue weighted by Crippen LogP contribution is 2.22. The molecule has 0 saturated heterocycles. The fourth-order valence-electron chi connectivity index (χ4n) is 2.68. The summed E-state index contributed by atoms with van der Waals surface area (Å²) in [6, 6.07) is 19.0. The van der Waals surface area contributed by atoms with Crippen molar-refractivity contribution in [2.45, 2.75) is 6.04 Å². The molecule has 0 spiro atoms. The Morgan fingerprint density at radius 3 is 2.19 bits per heavy atom. The van der Waals surface area contributed by atoms with Crippen molar-refractivity contribution in [2.75, 3.05) is 0 Å². The van der Waals surface area contributed by atoms with Gasteiger partial charge in [0.2, 0.25) is 5.82 Å². The lowest BCUT2D eigenvalue weighted by atomic mass is 9.99. The van der Waals surface area contributed by atoms with Crippen LogP contribution in [0.15, 0.2) is 83.8 Å². The first-order valence-corrected chi connectivity index (χ1v) is 8.32. The Bertz CT molecular complexity index is 980. The molecule has 0 aliphatic carbocycles. The molecule has 0 saturated carbocycles. The van der Waals surface area contributed by atoms with Crippen molar-refractivity contribution >= 4 is 5.91 Å². The zero-order valence-corrected chi connectivity index (χ0v) is 14.2. The predicted octanol–water partition coefficient (Wildman–Crippen LogP) is 3.05. The van der Waals surface area contributed by atoms with Crippen molar-refractivity contribution in [2.24, 2.45) is 0 Å². The van der Waals surface area contributed by atoms with E-state index in [2.05, 4.69) is 25.4 Å². The van der Waals surface area contributed by atoms with Crippen LogP contribution < -0.4 is 5.32 Å². The van der Waals surface area contributed by atoms with Crippen molar-refractivity contribution in [3.63, 3.8) is 0 Å². The van der Waals surface area contributed by atoms with E-state index in [-0.39, 0.29) is 17.8 Å². The molecular weight excluding hydrogens is 342 g/mol. The van der Waals surface area contributed by atoms with Gasteiger partial charge >= 0.3 is 11.8 Å². The maximum Gasteiger partial charge on any atom is 0.316 e. The Hall–Kier alpha value is -3.87. The van der Waals surface area contributed by atoms with Crippen LogP contribution in [0.5, 0.6) is 0 Å². The first-order chi connectivity index (χ1) is 13.3. The molecule has 7 nitrogen and oxygen atoms in total. The van der Waals surface area contributed by atoms with Crippen LogP contribution in [0.2, 0.25) is 0 Å². The van der Waals surface area contributed by atoms with Crippen LogP contribution in [0.3, 0.4) is 0 Å². The van der Waals surface area contributed by atoms with Crippen molar-refractivity contribution in [3.05, 3.63) is 96.3 Å². The third-order valence-corrected chi connectivity index (χ3v) is 3.95. The summed E-state index contributed by atoms with van der Waals surface area (Å²) >= 11 is 0. The van der Waals surface area contributed by atoms with E-state index in [9.17, 15) is 4.79 Å². The number of aromatic nitrogens is 4. The minimum atomic E-state index is -0.463. The van der Waals surface area contributed by atoms with Gasteiger partial charge < -0.3 is 9.84 Å². The highest BCUT2D eigenvalue weighted by Gasteiger charge is 2.22. The van der Waals surface area contributed by atoms with E-state index in [4.69, 9.17) is 4.52 Å². The number of nitrogens with one attached hydrogen (secondary N) is 1. The number of rotatable bonds is 5. The summed E-state index contributed by atoms with van der Waals surface area (Å²) in [6.07, 6.45) is 4.57. The Kier molecular flexibility index (Phi) is 4.65. The number of hydrogen-bond donors (Lipinski definition) is 1. The lowest BCUT2D eigenvalue weighted by Gasteiger charge is -2.18. The minimum Gasteiger partial charge on any atom is -0.337 e. The lowest BCUT2D eigenvalue weighted by Crippen LogP contribution is -2.29. The van der Waals surface area contributed by atoms with E-state index in [1.54, 1.807) is 6.20 Å². The van der Waals surface area contributed by atoms with Gasteiger partial charge in [-0.15, -0.1) is 0 Å². The molecule has 1 N–H and O–H groups in total. The van der Waals surface area contributed by atoms with E-state index >= 15 is 0 Å².